The van der Waals surface area contributed by atoms with Crippen LogP contribution in [0.15, 0.2) is 30.3 Å². The smallest absolute Gasteiger partial charge is 0.407 e. The third kappa shape index (κ3) is 8.31. The molecule has 1 aromatic carbocycles. The molecule has 3 atom stereocenters. The minimum absolute atomic E-state index is 0.318. The lowest BCUT2D eigenvalue weighted by molar-refractivity contribution is 0.0420. The highest BCUT2D eigenvalue weighted by molar-refractivity contribution is 5.68. The van der Waals surface area contributed by atoms with Crippen molar-refractivity contribution in [1.29, 1.82) is 0 Å². The second-order valence-corrected chi connectivity index (χ2v) is 7.23. The third-order valence-corrected chi connectivity index (χ3v) is 3.75. The Bertz CT molecular complexity index is 485. The van der Waals surface area contributed by atoms with Crippen molar-refractivity contribution >= 4 is 6.09 Å². The Morgan fingerprint density at radius 2 is 1.88 bits per heavy atom. The van der Waals surface area contributed by atoms with E-state index in [1.54, 1.807) is 0 Å². The summed E-state index contributed by atoms with van der Waals surface area (Å²) in [5.74, 6) is 0. The van der Waals surface area contributed by atoms with Crippen molar-refractivity contribution in [3.8, 4) is 0 Å². The zero-order valence-electron chi connectivity index (χ0n) is 15.5. The van der Waals surface area contributed by atoms with Crippen molar-refractivity contribution in [2.75, 3.05) is 6.54 Å². The Labute approximate surface area is 145 Å². The van der Waals surface area contributed by atoms with Gasteiger partial charge in [0.2, 0.25) is 0 Å². The summed E-state index contributed by atoms with van der Waals surface area (Å²) in [6.45, 7) is 10.0. The molecule has 0 aromatic heterocycles. The fourth-order valence-corrected chi connectivity index (χ4v) is 2.22. The molecule has 5 nitrogen and oxygen atoms in total. The Morgan fingerprint density at radius 1 is 1.25 bits per heavy atom. The number of amides is 1. The van der Waals surface area contributed by atoms with E-state index < -0.39 is 23.8 Å². The first-order valence-corrected chi connectivity index (χ1v) is 8.66. The van der Waals surface area contributed by atoms with E-state index in [0.717, 1.165) is 12.0 Å². The lowest BCUT2D eigenvalue weighted by Crippen LogP contribution is -2.50. The first-order chi connectivity index (χ1) is 11.2. The molecular weight excluding hydrogens is 304 g/mol. The maximum atomic E-state index is 12.1. The van der Waals surface area contributed by atoms with Crippen molar-refractivity contribution in [2.45, 2.75) is 71.2 Å². The van der Waals surface area contributed by atoms with Crippen molar-refractivity contribution in [3.63, 3.8) is 0 Å². The van der Waals surface area contributed by atoms with Crippen molar-refractivity contribution in [3.05, 3.63) is 35.9 Å². The van der Waals surface area contributed by atoms with Crippen LogP contribution in [0.25, 0.3) is 0 Å². The molecule has 0 heterocycles. The maximum absolute atomic E-state index is 12.1. The van der Waals surface area contributed by atoms with Gasteiger partial charge in [-0.25, -0.2) is 4.79 Å². The molecule has 1 amide bonds. The molecule has 0 aliphatic heterocycles. The Kier molecular flexibility index (Phi) is 8.22. The number of nitrogens with one attached hydrogen (secondary N) is 2. The lowest BCUT2D eigenvalue weighted by Gasteiger charge is -2.27. The topological polar surface area (TPSA) is 70.6 Å². The van der Waals surface area contributed by atoms with E-state index in [2.05, 4.69) is 24.5 Å². The van der Waals surface area contributed by atoms with Crippen molar-refractivity contribution < 1.29 is 14.6 Å². The summed E-state index contributed by atoms with van der Waals surface area (Å²) in [6, 6.07) is 9.71. The minimum Gasteiger partial charge on any atom is -0.444 e. The van der Waals surface area contributed by atoms with Crippen LogP contribution in [0.2, 0.25) is 0 Å². The van der Waals surface area contributed by atoms with Gasteiger partial charge in [-0.2, -0.15) is 0 Å². The van der Waals surface area contributed by atoms with Crippen LogP contribution < -0.4 is 10.6 Å². The van der Waals surface area contributed by atoms with Gasteiger partial charge in [0.1, 0.15) is 5.60 Å². The van der Waals surface area contributed by atoms with E-state index in [4.69, 9.17) is 4.74 Å². The predicted molar refractivity (Wildman–Crippen MR) is 97.1 cm³/mol. The summed E-state index contributed by atoms with van der Waals surface area (Å²) in [4.78, 5) is 12.1. The summed E-state index contributed by atoms with van der Waals surface area (Å²) in [5, 5.41) is 16.6. The van der Waals surface area contributed by atoms with Crippen LogP contribution in [-0.4, -0.2) is 41.5 Å². The van der Waals surface area contributed by atoms with E-state index in [0.29, 0.717) is 19.0 Å². The molecule has 0 bridgehead atoms. The number of hydrogen-bond donors (Lipinski definition) is 3. The summed E-state index contributed by atoms with van der Waals surface area (Å²) >= 11 is 0. The van der Waals surface area contributed by atoms with E-state index >= 15 is 0 Å². The molecule has 1 rings (SSSR count). The van der Waals surface area contributed by atoms with Crippen LogP contribution >= 0.6 is 0 Å². The zero-order chi connectivity index (χ0) is 18.2. The number of ether oxygens (including phenoxy) is 1. The number of aliphatic hydroxyl groups is 1. The predicted octanol–water partition coefficient (Wildman–Crippen LogP) is 2.87. The van der Waals surface area contributed by atoms with Crippen LogP contribution in [0.3, 0.4) is 0 Å². The molecule has 24 heavy (non-hydrogen) atoms. The number of carbonyl (C=O) groups is 1. The average Bonchev–Trinajstić information content (AvgIpc) is 2.50. The number of rotatable bonds is 8. The highest BCUT2D eigenvalue weighted by Crippen LogP contribution is 2.10. The van der Waals surface area contributed by atoms with E-state index in [1.807, 2.05) is 51.1 Å². The first kappa shape index (κ1) is 20.5. The molecule has 0 spiro atoms. The van der Waals surface area contributed by atoms with Gasteiger partial charge >= 0.3 is 6.09 Å². The maximum Gasteiger partial charge on any atom is 0.407 e. The Morgan fingerprint density at radius 3 is 2.42 bits per heavy atom. The van der Waals surface area contributed by atoms with Gasteiger partial charge in [0, 0.05) is 12.6 Å². The molecule has 0 fully saturated rings. The van der Waals surface area contributed by atoms with Crippen LogP contribution in [-0.2, 0) is 11.2 Å². The molecule has 0 aliphatic rings. The molecule has 0 saturated carbocycles. The average molecular weight is 336 g/mol. The van der Waals surface area contributed by atoms with Crippen molar-refractivity contribution in [1.82, 2.24) is 10.6 Å². The van der Waals surface area contributed by atoms with E-state index in [9.17, 15) is 9.90 Å². The number of benzene rings is 1. The van der Waals surface area contributed by atoms with Crippen LogP contribution in [0, 0.1) is 0 Å². The van der Waals surface area contributed by atoms with Crippen molar-refractivity contribution in [2.24, 2.45) is 0 Å². The molecule has 0 radical (unpaired) electrons. The second kappa shape index (κ2) is 9.64. The standard InChI is InChI=1S/C19H32N2O3/c1-6-14(2)20-13-17(22)16(12-15-10-8-7-9-11-15)21-18(23)24-19(3,4)5/h7-11,14,16-17,20,22H,6,12-13H2,1-5H3,(H,21,23)/t14?,16-,17-/m0/s1. The second-order valence-electron chi connectivity index (χ2n) is 7.23. The molecule has 5 heteroatoms. The molecule has 136 valence electrons. The number of hydrogen-bond acceptors (Lipinski definition) is 4. The highest BCUT2D eigenvalue weighted by Gasteiger charge is 2.25. The van der Waals surface area contributed by atoms with Gasteiger partial charge in [-0.15, -0.1) is 0 Å². The minimum atomic E-state index is -0.702. The summed E-state index contributed by atoms with van der Waals surface area (Å²) in [5.41, 5.74) is 0.488. The largest absolute Gasteiger partial charge is 0.444 e. The summed E-state index contributed by atoms with van der Waals surface area (Å²) in [7, 11) is 0. The molecule has 3 N–H and O–H groups in total. The van der Waals surface area contributed by atoms with Crippen LogP contribution in [0.4, 0.5) is 4.79 Å². The fourth-order valence-electron chi connectivity index (χ4n) is 2.22. The normalized spacial score (nSPS) is 15.4. The first-order valence-electron chi connectivity index (χ1n) is 8.66. The Hall–Kier alpha value is -1.59. The quantitative estimate of drug-likeness (QED) is 0.683. The van der Waals surface area contributed by atoms with Gasteiger partial charge in [-0.1, -0.05) is 37.3 Å². The molecule has 0 saturated heterocycles. The number of alkyl carbamates (subject to hydrolysis) is 1. The van der Waals surface area contributed by atoms with Gasteiger partial charge in [0.05, 0.1) is 12.1 Å². The van der Waals surface area contributed by atoms with Crippen LogP contribution in [0.5, 0.6) is 0 Å². The molecule has 1 aromatic rings. The van der Waals surface area contributed by atoms with E-state index in [1.165, 1.54) is 0 Å². The van der Waals surface area contributed by atoms with Crippen LogP contribution in [0.1, 0.15) is 46.6 Å². The van der Waals surface area contributed by atoms with Gasteiger partial charge in [0.25, 0.3) is 0 Å². The van der Waals surface area contributed by atoms with Gasteiger partial charge in [0.15, 0.2) is 0 Å². The Balaban J connectivity index is 2.72. The van der Waals surface area contributed by atoms with Gasteiger partial charge < -0.3 is 20.5 Å². The van der Waals surface area contributed by atoms with E-state index in [-0.39, 0.29) is 0 Å². The zero-order valence-corrected chi connectivity index (χ0v) is 15.5. The molecule has 1 unspecified atom stereocenters. The SMILES string of the molecule is CCC(C)NC[C@H](O)[C@H](Cc1ccccc1)NC(=O)OC(C)(C)C. The number of carbonyl (C=O) groups excluding carboxylic acids is 1. The molecular formula is C19H32N2O3. The number of aliphatic hydroxyl groups excluding tert-OH is 1. The lowest BCUT2D eigenvalue weighted by atomic mass is 10.0. The van der Waals surface area contributed by atoms with Gasteiger partial charge in [-0.05, 0) is 46.1 Å². The fraction of sp³-hybridized carbons (Fsp3) is 0.632. The summed E-state index contributed by atoms with van der Waals surface area (Å²) in [6.07, 6.45) is 0.316. The highest BCUT2D eigenvalue weighted by atomic mass is 16.6. The summed E-state index contributed by atoms with van der Waals surface area (Å²) < 4.78 is 5.32. The third-order valence-electron chi connectivity index (χ3n) is 3.75. The molecule has 0 aliphatic carbocycles. The van der Waals surface area contributed by atoms with Gasteiger partial charge in [-0.3, -0.25) is 0 Å². The monoisotopic (exact) mass is 336 g/mol.